The molecule has 0 radical (unpaired) electrons. The van der Waals surface area contributed by atoms with Gasteiger partial charge in [0.05, 0.1) is 12.7 Å². The summed E-state index contributed by atoms with van der Waals surface area (Å²) in [6.45, 7) is 7.48. The zero-order chi connectivity index (χ0) is 16.7. The lowest BCUT2D eigenvalue weighted by atomic mass is 9.93. The molecule has 0 bridgehead atoms. The molecular formula is C19H31ClN2O2. The largest absolute Gasteiger partial charge is 0.374 e. The third kappa shape index (κ3) is 6.42. The van der Waals surface area contributed by atoms with Crippen LogP contribution in [0.2, 0.25) is 0 Å². The number of hydrogen-bond acceptors (Lipinski definition) is 3. The van der Waals surface area contributed by atoms with E-state index in [4.69, 9.17) is 4.74 Å². The van der Waals surface area contributed by atoms with Crippen molar-refractivity contribution in [1.29, 1.82) is 0 Å². The number of likely N-dealkylation sites (tertiary alicyclic amines) is 1. The van der Waals surface area contributed by atoms with E-state index in [1.807, 2.05) is 50.1 Å². The Hall–Kier alpha value is -1.10. The number of amides is 1. The second-order valence-electron chi connectivity index (χ2n) is 6.68. The summed E-state index contributed by atoms with van der Waals surface area (Å²) in [6, 6.07) is 7.84. The van der Waals surface area contributed by atoms with Gasteiger partial charge in [-0.2, -0.15) is 0 Å². The second kappa shape index (κ2) is 10.7. The van der Waals surface area contributed by atoms with Gasteiger partial charge in [-0.1, -0.05) is 12.1 Å². The fourth-order valence-corrected chi connectivity index (χ4v) is 2.96. The number of carbonyl (C=O) groups excluding carboxylic acids is 1. The van der Waals surface area contributed by atoms with Gasteiger partial charge in [0.25, 0.3) is 5.91 Å². The van der Waals surface area contributed by atoms with Gasteiger partial charge in [0.15, 0.2) is 0 Å². The maximum atomic E-state index is 12.6. The van der Waals surface area contributed by atoms with Crippen LogP contribution in [0.3, 0.4) is 0 Å². The molecular weight excluding hydrogens is 324 g/mol. The normalized spacial score (nSPS) is 15.4. The number of piperidine rings is 1. The molecule has 0 unspecified atom stereocenters. The Labute approximate surface area is 152 Å². The monoisotopic (exact) mass is 354 g/mol. The number of halogens is 1. The molecule has 0 aliphatic carbocycles. The van der Waals surface area contributed by atoms with Crippen LogP contribution in [0.1, 0.15) is 49.0 Å². The minimum atomic E-state index is 0. The Morgan fingerprint density at radius 2 is 1.88 bits per heavy atom. The molecule has 0 aromatic heterocycles. The Morgan fingerprint density at radius 3 is 2.42 bits per heavy atom. The first-order valence-corrected chi connectivity index (χ1v) is 8.74. The predicted molar refractivity (Wildman–Crippen MR) is 101 cm³/mol. The molecule has 1 aliphatic heterocycles. The van der Waals surface area contributed by atoms with Crippen LogP contribution in [0.4, 0.5) is 0 Å². The molecule has 2 rings (SSSR count). The molecule has 1 aliphatic rings. The maximum Gasteiger partial charge on any atom is 0.253 e. The van der Waals surface area contributed by atoms with Crippen LogP contribution in [0, 0.1) is 5.92 Å². The highest BCUT2D eigenvalue weighted by Crippen LogP contribution is 2.21. The van der Waals surface area contributed by atoms with Gasteiger partial charge < -0.3 is 15.0 Å². The van der Waals surface area contributed by atoms with E-state index in [2.05, 4.69) is 5.32 Å². The number of rotatable bonds is 7. The highest BCUT2D eigenvalue weighted by molar-refractivity contribution is 5.94. The van der Waals surface area contributed by atoms with E-state index >= 15 is 0 Å². The number of hydrogen-bond donors (Lipinski definition) is 1. The predicted octanol–water partition coefficient (Wildman–Crippen LogP) is 3.50. The van der Waals surface area contributed by atoms with Crippen LogP contribution in [-0.4, -0.2) is 43.6 Å². The molecule has 1 heterocycles. The van der Waals surface area contributed by atoms with Gasteiger partial charge in [-0.05, 0) is 70.3 Å². The lowest BCUT2D eigenvalue weighted by Gasteiger charge is -2.32. The van der Waals surface area contributed by atoms with Gasteiger partial charge in [-0.3, -0.25) is 4.79 Å². The standard InChI is InChI=1S/C19H30N2O2.ClH/c1-15(2)23-14-17-4-6-18(7-5-17)19(22)21-12-9-16(10-13-21)8-11-20-3;/h4-7,15-16,20H,8-14H2,1-3H3;1H. The van der Waals surface area contributed by atoms with Crippen molar-refractivity contribution >= 4 is 18.3 Å². The van der Waals surface area contributed by atoms with Crippen LogP contribution in [-0.2, 0) is 11.3 Å². The lowest BCUT2D eigenvalue weighted by molar-refractivity contribution is 0.0653. The second-order valence-corrected chi connectivity index (χ2v) is 6.68. The summed E-state index contributed by atoms with van der Waals surface area (Å²) in [5, 5.41) is 3.21. The van der Waals surface area contributed by atoms with E-state index in [0.29, 0.717) is 6.61 Å². The van der Waals surface area contributed by atoms with Crippen LogP contribution < -0.4 is 5.32 Å². The summed E-state index contributed by atoms with van der Waals surface area (Å²) in [5.74, 6) is 0.912. The van der Waals surface area contributed by atoms with Crippen molar-refractivity contribution < 1.29 is 9.53 Å². The van der Waals surface area contributed by atoms with Crippen molar-refractivity contribution in [1.82, 2.24) is 10.2 Å². The van der Waals surface area contributed by atoms with Crippen molar-refractivity contribution in [2.24, 2.45) is 5.92 Å². The molecule has 5 heteroatoms. The molecule has 1 aromatic rings. The quantitative estimate of drug-likeness (QED) is 0.814. The topological polar surface area (TPSA) is 41.6 Å². The summed E-state index contributed by atoms with van der Waals surface area (Å²) in [7, 11) is 1.99. The smallest absolute Gasteiger partial charge is 0.253 e. The van der Waals surface area contributed by atoms with Crippen LogP contribution in [0.25, 0.3) is 0 Å². The summed E-state index contributed by atoms with van der Waals surface area (Å²) in [6.07, 6.45) is 3.67. The summed E-state index contributed by atoms with van der Waals surface area (Å²) in [5.41, 5.74) is 1.90. The molecule has 1 fully saturated rings. The van der Waals surface area contributed by atoms with Crippen LogP contribution in [0.15, 0.2) is 24.3 Å². The third-order valence-corrected chi connectivity index (χ3v) is 4.49. The number of ether oxygens (including phenoxy) is 1. The van der Waals surface area contributed by atoms with E-state index in [9.17, 15) is 4.79 Å². The van der Waals surface area contributed by atoms with Gasteiger partial charge in [0.1, 0.15) is 0 Å². The Morgan fingerprint density at radius 1 is 1.25 bits per heavy atom. The van der Waals surface area contributed by atoms with Crippen molar-refractivity contribution in [2.75, 3.05) is 26.7 Å². The molecule has 1 aromatic carbocycles. The zero-order valence-corrected chi connectivity index (χ0v) is 15.9. The van der Waals surface area contributed by atoms with E-state index < -0.39 is 0 Å². The van der Waals surface area contributed by atoms with Crippen LogP contribution >= 0.6 is 12.4 Å². The molecule has 0 saturated carbocycles. The van der Waals surface area contributed by atoms with Gasteiger partial charge in [0.2, 0.25) is 0 Å². The van der Waals surface area contributed by atoms with Crippen molar-refractivity contribution in [3.8, 4) is 0 Å². The first-order valence-electron chi connectivity index (χ1n) is 8.74. The van der Waals surface area contributed by atoms with E-state index in [0.717, 1.165) is 49.5 Å². The number of carbonyl (C=O) groups is 1. The Bertz CT molecular complexity index is 483. The molecule has 0 spiro atoms. The molecule has 136 valence electrons. The highest BCUT2D eigenvalue weighted by atomic mass is 35.5. The number of benzene rings is 1. The van der Waals surface area contributed by atoms with E-state index in [1.165, 1.54) is 6.42 Å². The molecule has 1 N–H and O–H groups in total. The summed E-state index contributed by atoms with van der Waals surface area (Å²) >= 11 is 0. The molecule has 4 nitrogen and oxygen atoms in total. The summed E-state index contributed by atoms with van der Waals surface area (Å²) < 4.78 is 5.59. The Balaban J connectivity index is 0.00000288. The highest BCUT2D eigenvalue weighted by Gasteiger charge is 2.23. The van der Waals surface area contributed by atoms with Gasteiger partial charge >= 0.3 is 0 Å². The fourth-order valence-electron chi connectivity index (χ4n) is 2.96. The SMILES string of the molecule is CNCCC1CCN(C(=O)c2ccc(COC(C)C)cc2)CC1.Cl. The minimum Gasteiger partial charge on any atom is -0.374 e. The number of nitrogens with one attached hydrogen (secondary N) is 1. The molecule has 1 amide bonds. The van der Waals surface area contributed by atoms with Gasteiger partial charge in [-0.15, -0.1) is 12.4 Å². The summed E-state index contributed by atoms with van der Waals surface area (Å²) in [4.78, 5) is 14.6. The van der Waals surface area contributed by atoms with E-state index in [1.54, 1.807) is 0 Å². The van der Waals surface area contributed by atoms with Gasteiger partial charge in [-0.25, -0.2) is 0 Å². The first kappa shape index (κ1) is 20.9. The van der Waals surface area contributed by atoms with Crippen molar-refractivity contribution in [3.05, 3.63) is 35.4 Å². The number of nitrogens with zero attached hydrogens (tertiary/aromatic N) is 1. The molecule has 0 atom stereocenters. The first-order chi connectivity index (χ1) is 11.1. The van der Waals surface area contributed by atoms with Gasteiger partial charge in [0, 0.05) is 18.7 Å². The average Bonchev–Trinajstić information content (AvgIpc) is 2.58. The average molecular weight is 355 g/mol. The van der Waals surface area contributed by atoms with E-state index in [-0.39, 0.29) is 24.4 Å². The molecule has 1 saturated heterocycles. The zero-order valence-electron chi connectivity index (χ0n) is 15.1. The Kier molecular flexibility index (Phi) is 9.34. The van der Waals surface area contributed by atoms with Crippen molar-refractivity contribution in [3.63, 3.8) is 0 Å². The third-order valence-electron chi connectivity index (χ3n) is 4.49. The van der Waals surface area contributed by atoms with Crippen molar-refractivity contribution in [2.45, 2.75) is 45.8 Å². The fraction of sp³-hybridized carbons (Fsp3) is 0.632. The lowest BCUT2D eigenvalue weighted by Crippen LogP contribution is -2.38. The van der Waals surface area contributed by atoms with Crippen LogP contribution in [0.5, 0.6) is 0 Å². The minimum absolute atomic E-state index is 0. The maximum absolute atomic E-state index is 12.6. The molecule has 24 heavy (non-hydrogen) atoms.